The lowest BCUT2D eigenvalue weighted by molar-refractivity contribution is 0.347. The molecule has 0 bridgehead atoms. The smallest absolute Gasteiger partial charge is 0.0543 e. The first-order chi connectivity index (χ1) is 8.24. The minimum atomic E-state index is 0.757. The van der Waals surface area contributed by atoms with Crippen molar-refractivity contribution in [1.29, 1.82) is 0 Å². The predicted octanol–water partition coefficient (Wildman–Crippen LogP) is 1.82. The number of aromatic nitrogens is 1. The molecule has 2 rings (SSSR count). The summed E-state index contributed by atoms with van der Waals surface area (Å²) in [5.41, 5.74) is 2.35. The van der Waals surface area contributed by atoms with Gasteiger partial charge in [-0.2, -0.15) is 0 Å². The summed E-state index contributed by atoms with van der Waals surface area (Å²) in [4.78, 5) is 6.57. The summed E-state index contributed by atoms with van der Waals surface area (Å²) >= 11 is 0. The van der Waals surface area contributed by atoms with E-state index in [1.54, 1.807) is 0 Å². The highest BCUT2D eigenvalue weighted by molar-refractivity contribution is 5.05. The van der Waals surface area contributed by atoms with E-state index < -0.39 is 0 Å². The molecule has 1 aliphatic rings. The highest BCUT2D eigenvalue weighted by Crippen LogP contribution is 2.18. The van der Waals surface area contributed by atoms with Crippen molar-refractivity contribution in [2.45, 2.75) is 25.4 Å². The van der Waals surface area contributed by atoms with Crippen LogP contribution in [0.4, 0.5) is 0 Å². The van der Waals surface area contributed by atoms with Crippen LogP contribution in [0.25, 0.3) is 0 Å². The van der Waals surface area contributed by atoms with E-state index in [0.717, 1.165) is 31.4 Å². The van der Waals surface area contributed by atoms with Crippen molar-refractivity contribution in [1.82, 2.24) is 15.2 Å². The van der Waals surface area contributed by atoms with Crippen LogP contribution in [0.5, 0.6) is 0 Å². The lowest BCUT2D eigenvalue weighted by atomic mass is 10.2. The second-order valence-corrected chi connectivity index (χ2v) is 4.90. The normalized spacial score (nSPS) is 15.2. The molecule has 3 heteroatoms. The minimum absolute atomic E-state index is 0.757. The maximum atomic E-state index is 4.32. The first kappa shape index (κ1) is 12.3. The van der Waals surface area contributed by atoms with Gasteiger partial charge in [0.2, 0.25) is 0 Å². The number of likely N-dealkylation sites (N-methyl/N-ethyl adjacent to an activating group) is 1. The van der Waals surface area contributed by atoms with Gasteiger partial charge in [-0.05, 0) is 37.6 Å². The predicted molar refractivity (Wildman–Crippen MR) is 70.7 cm³/mol. The van der Waals surface area contributed by atoms with Crippen molar-refractivity contribution in [3.8, 4) is 0 Å². The van der Waals surface area contributed by atoms with Crippen LogP contribution in [0.2, 0.25) is 0 Å². The SMILES string of the molecule is C=C(CNC1CC1)CN(C)Cc1ccccn1. The van der Waals surface area contributed by atoms with Crippen molar-refractivity contribution < 1.29 is 0 Å². The molecule has 3 nitrogen and oxygen atoms in total. The number of pyridine rings is 1. The third-order valence-electron chi connectivity index (χ3n) is 2.87. The quantitative estimate of drug-likeness (QED) is 0.726. The summed E-state index contributed by atoms with van der Waals surface area (Å²) in [7, 11) is 2.11. The number of nitrogens with zero attached hydrogens (tertiary/aromatic N) is 2. The van der Waals surface area contributed by atoms with Gasteiger partial charge >= 0.3 is 0 Å². The van der Waals surface area contributed by atoms with Gasteiger partial charge in [-0.15, -0.1) is 0 Å². The molecule has 1 aliphatic carbocycles. The Labute approximate surface area is 104 Å². The average Bonchev–Trinajstić information content (AvgIpc) is 3.11. The Morgan fingerprint density at radius 1 is 1.53 bits per heavy atom. The van der Waals surface area contributed by atoms with Crippen molar-refractivity contribution in [2.75, 3.05) is 20.1 Å². The molecule has 1 saturated carbocycles. The lowest BCUT2D eigenvalue weighted by Gasteiger charge is -2.18. The first-order valence-electron chi connectivity index (χ1n) is 6.22. The van der Waals surface area contributed by atoms with Gasteiger partial charge < -0.3 is 5.32 Å². The number of hydrogen-bond donors (Lipinski definition) is 1. The highest BCUT2D eigenvalue weighted by atomic mass is 15.1. The summed E-state index contributed by atoms with van der Waals surface area (Å²) in [5, 5.41) is 3.48. The molecule has 1 N–H and O–H groups in total. The first-order valence-corrected chi connectivity index (χ1v) is 6.22. The topological polar surface area (TPSA) is 28.2 Å². The van der Waals surface area contributed by atoms with E-state index in [2.05, 4.69) is 34.9 Å². The molecule has 17 heavy (non-hydrogen) atoms. The van der Waals surface area contributed by atoms with Crippen LogP contribution < -0.4 is 5.32 Å². The minimum Gasteiger partial charge on any atom is -0.310 e. The fourth-order valence-corrected chi connectivity index (χ4v) is 1.84. The standard InChI is InChI=1S/C14H21N3/c1-12(9-16-13-6-7-13)10-17(2)11-14-5-3-4-8-15-14/h3-5,8,13,16H,1,6-7,9-11H2,2H3. The van der Waals surface area contributed by atoms with E-state index in [4.69, 9.17) is 0 Å². The molecule has 0 aromatic carbocycles. The second-order valence-electron chi connectivity index (χ2n) is 4.90. The van der Waals surface area contributed by atoms with Crippen LogP contribution in [0.1, 0.15) is 18.5 Å². The van der Waals surface area contributed by atoms with E-state index in [-0.39, 0.29) is 0 Å². The molecule has 1 aromatic heterocycles. The van der Waals surface area contributed by atoms with Gasteiger partial charge in [-0.3, -0.25) is 9.88 Å². The average molecular weight is 231 g/mol. The van der Waals surface area contributed by atoms with Crippen LogP contribution in [-0.2, 0) is 6.54 Å². The molecule has 0 spiro atoms. The van der Waals surface area contributed by atoms with Gasteiger partial charge in [0.25, 0.3) is 0 Å². The number of hydrogen-bond acceptors (Lipinski definition) is 3. The fourth-order valence-electron chi connectivity index (χ4n) is 1.84. The molecular formula is C14H21N3. The largest absolute Gasteiger partial charge is 0.310 e. The third-order valence-corrected chi connectivity index (χ3v) is 2.87. The van der Waals surface area contributed by atoms with E-state index in [1.165, 1.54) is 18.4 Å². The molecule has 0 aliphatic heterocycles. The summed E-state index contributed by atoms with van der Waals surface area (Å²) in [5.74, 6) is 0. The Morgan fingerprint density at radius 3 is 3.00 bits per heavy atom. The van der Waals surface area contributed by atoms with Crippen molar-refractivity contribution in [3.05, 3.63) is 42.2 Å². The number of rotatable bonds is 7. The molecule has 0 amide bonds. The van der Waals surface area contributed by atoms with E-state index >= 15 is 0 Å². The zero-order valence-corrected chi connectivity index (χ0v) is 10.5. The van der Waals surface area contributed by atoms with E-state index in [1.807, 2.05) is 18.3 Å². The van der Waals surface area contributed by atoms with Gasteiger partial charge in [0.05, 0.1) is 5.69 Å². The fraction of sp³-hybridized carbons (Fsp3) is 0.500. The van der Waals surface area contributed by atoms with Crippen molar-refractivity contribution >= 4 is 0 Å². The molecule has 0 radical (unpaired) electrons. The molecule has 1 aromatic rings. The Morgan fingerprint density at radius 2 is 2.35 bits per heavy atom. The van der Waals surface area contributed by atoms with E-state index in [0.29, 0.717) is 0 Å². The monoisotopic (exact) mass is 231 g/mol. The number of nitrogens with one attached hydrogen (secondary N) is 1. The van der Waals surface area contributed by atoms with Crippen LogP contribution in [-0.4, -0.2) is 36.1 Å². The van der Waals surface area contributed by atoms with Crippen LogP contribution in [0.3, 0.4) is 0 Å². The van der Waals surface area contributed by atoms with Crippen LogP contribution in [0.15, 0.2) is 36.5 Å². The molecule has 1 heterocycles. The van der Waals surface area contributed by atoms with E-state index in [9.17, 15) is 0 Å². The van der Waals surface area contributed by atoms with Crippen molar-refractivity contribution in [3.63, 3.8) is 0 Å². The second kappa shape index (κ2) is 5.94. The Balaban J connectivity index is 1.68. The van der Waals surface area contributed by atoms with Gasteiger partial charge in [-0.1, -0.05) is 12.6 Å². The van der Waals surface area contributed by atoms with Gasteiger partial charge in [-0.25, -0.2) is 0 Å². The molecule has 0 unspecified atom stereocenters. The van der Waals surface area contributed by atoms with Crippen LogP contribution in [0, 0.1) is 0 Å². The summed E-state index contributed by atoms with van der Waals surface area (Å²) in [6.45, 7) is 6.86. The maximum absolute atomic E-state index is 4.32. The molecule has 92 valence electrons. The summed E-state index contributed by atoms with van der Waals surface area (Å²) in [6, 6.07) is 6.79. The van der Waals surface area contributed by atoms with Gasteiger partial charge in [0.1, 0.15) is 0 Å². The Kier molecular flexibility index (Phi) is 4.29. The molecular weight excluding hydrogens is 210 g/mol. The Hall–Kier alpha value is -1.19. The van der Waals surface area contributed by atoms with Gasteiger partial charge in [0.15, 0.2) is 0 Å². The lowest BCUT2D eigenvalue weighted by Crippen LogP contribution is -2.27. The van der Waals surface area contributed by atoms with Crippen LogP contribution >= 0.6 is 0 Å². The summed E-state index contributed by atoms with van der Waals surface area (Å²) < 4.78 is 0. The maximum Gasteiger partial charge on any atom is 0.0543 e. The zero-order valence-electron chi connectivity index (χ0n) is 10.5. The highest BCUT2D eigenvalue weighted by Gasteiger charge is 2.20. The molecule has 0 atom stereocenters. The molecule has 1 fully saturated rings. The zero-order chi connectivity index (χ0) is 12.1. The molecule has 0 saturated heterocycles. The Bertz CT molecular complexity index is 357. The summed E-state index contributed by atoms with van der Waals surface area (Å²) in [6.07, 6.45) is 4.50. The third kappa shape index (κ3) is 4.67. The van der Waals surface area contributed by atoms with Gasteiger partial charge in [0, 0.05) is 31.9 Å². The van der Waals surface area contributed by atoms with Crippen molar-refractivity contribution in [2.24, 2.45) is 0 Å².